The molecule has 0 amide bonds. The lowest BCUT2D eigenvalue weighted by atomic mass is 10.1. The zero-order chi connectivity index (χ0) is 12.6. The third-order valence-corrected chi connectivity index (χ3v) is 3.42. The third-order valence-electron chi connectivity index (χ3n) is 2.61. The molecule has 0 aliphatic rings. The molecule has 0 spiro atoms. The number of alkyl halides is 1. The van der Waals surface area contributed by atoms with Gasteiger partial charge in [-0.15, -0.1) is 0 Å². The average Bonchev–Trinajstić information content (AvgIpc) is 2.32. The minimum Gasteiger partial charge on any atom is -0.309 e. The van der Waals surface area contributed by atoms with Crippen molar-refractivity contribution in [2.24, 2.45) is 7.05 Å². The molecule has 2 rings (SSSR count). The molecule has 0 bridgehead atoms. The number of aryl methyl sites for hydroxylation is 1. The highest BCUT2D eigenvalue weighted by molar-refractivity contribution is 9.09. The maximum Gasteiger partial charge on any atom is 0.261 e. The van der Waals surface area contributed by atoms with Crippen molar-refractivity contribution in [2.45, 2.75) is 0 Å². The number of nitrogens with zero attached hydrogens (tertiary/aromatic N) is 1. The lowest BCUT2D eigenvalue weighted by molar-refractivity contribution is 0.102. The second kappa shape index (κ2) is 4.63. The summed E-state index contributed by atoms with van der Waals surface area (Å²) in [7, 11) is 1.61. The van der Waals surface area contributed by atoms with Crippen LogP contribution in [-0.2, 0) is 7.05 Å². The van der Waals surface area contributed by atoms with E-state index in [0.29, 0.717) is 10.5 Å². The lowest BCUT2D eigenvalue weighted by Gasteiger charge is -2.08. The van der Waals surface area contributed by atoms with Crippen molar-refractivity contribution in [3.05, 3.63) is 45.2 Å². The van der Waals surface area contributed by atoms with E-state index in [4.69, 9.17) is 11.6 Å². The first-order valence-corrected chi connectivity index (χ1v) is 6.43. The summed E-state index contributed by atoms with van der Waals surface area (Å²) in [5.41, 5.74) is 0.500. The molecular weight excluding hydrogens is 305 g/mol. The molecule has 2 aromatic rings. The Hall–Kier alpha value is -1.13. The predicted molar refractivity (Wildman–Crippen MR) is 72.3 cm³/mol. The highest BCUT2D eigenvalue weighted by Gasteiger charge is 2.14. The number of para-hydroxylation sites is 1. The van der Waals surface area contributed by atoms with Gasteiger partial charge >= 0.3 is 0 Å². The van der Waals surface area contributed by atoms with Crippen molar-refractivity contribution in [1.82, 2.24) is 4.57 Å². The SMILES string of the molecule is Cn1c(=O)c(C(=O)CBr)cc2cccc(Cl)c21. The van der Waals surface area contributed by atoms with Crippen molar-refractivity contribution < 1.29 is 4.79 Å². The van der Waals surface area contributed by atoms with Crippen molar-refractivity contribution in [3.8, 4) is 0 Å². The molecule has 0 N–H and O–H groups in total. The van der Waals surface area contributed by atoms with Crippen molar-refractivity contribution in [1.29, 1.82) is 0 Å². The summed E-state index contributed by atoms with van der Waals surface area (Å²) in [6.45, 7) is 0. The summed E-state index contributed by atoms with van der Waals surface area (Å²) in [6, 6.07) is 6.92. The van der Waals surface area contributed by atoms with E-state index in [0.717, 1.165) is 5.39 Å². The number of hydrogen-bond acceptors (Lipinski definition) is 2. The number of fused-ring (bicyclic) bond motifs is 1. The number of ketones is 1. The fourth-order valence-corrected chi connectivity index (χ4v) is 2.38. The second-order valence-electron chi connectivity index (χ2n) is 3.66. The van der Waals surface area contributed by atoms with Crippen LogP contribution in [0, 0.1) is 0 Å². The Balaban J connectivity index is 2.90. The zero-order valence-electron chi connectivity index (χ0n) is 9.04. The first kappa shape index (κ1) is 12.3. The number of benzene rings is 1. The van der Waals surface area contributed by atoms with Crippen LogP contribution in [0.4, 0.5) is 0 Å². The van der Waals surface area contributed by atoms with Crippen LogP contribution >= 0.6 is 27.5 Å². The van der Waals surface area contributed by atoms with Gasteiger partial charge in [0, 0.05) is 12.4 Å². The van der Waals surface area contributed by atoms with Gasteiger partial charge in [0.25, 0.3) is 5.56 Å². The van der Waals surface area contributed by atoms with E-state index in [2.05, 4.69) is 15.9 Å². The lowest BCUT2D eigenvalue weighted by Crippen LogP contribution is -2.25. The van der Waals surface area contributed by atoms with Gasteiger partial charge < -0.3 is 4.57 Å². The predicted octanol–water partition coefficient (Wildman–Crippen LogP) is 2.77. The van der Waals surface area contributed by atoms with Gasteiger partial charge in [-0.05, 0) is 12.1 Å². The van der Waals surface area contributed by atoms with Gasteiger partial charge in [0.05, 0.1) is 21.4 Å². The van der Waals surface area contributed by atoms with Crippen LogP contribution in [0.3, 0.4) is 0 Å². The minimum atomic E-state index is -0.324. The average molecular weight is 315 g/mol. The Kier molecular flexibility index (Phi) is 3.35. The van der Waals surface area contributed by atoms with Crippen molar-refractivity contribution in [2.75, 3.05) is 5.33 Å². The summed E-state index contributed by atoms with van der Waals surface area (Å²) in [5, 5.41) is 1.41. The normalized spacial score (nSPS) is 10.8. The van der Waals surface area contributed by atoms with E-state index < -0.39 is 0 Å². The third kappa shape index (κ3) is 2.03. The van der Waals surface area contributed by atoms with Crippen LogP contribution in [0.25, 0.3) is 10.9 Å². The van der Waals surface area contributed by atoms with Crippen molar-refractivity contribution in [3.63, 3.8) is 0 Å². The molecule has 1 heterocycles. The topological polar surface area (TPSA) is 39.1 Å². The zero-order valence-corrected chi connectivity index (χ0v) is 11.4. The Morgan fingerprint density at radius 3 is 2.82 bits per heavy atom. The molecule has 1 aromatic heterocycles. The molecule has 0 radical (unpaired) electrons. The molecule has 88 valence electrons. The van der Waals surface area contributed by atoms with Crippen LogP contribution in [0.1, 0.15) is 10.4 Å². The van der Waals surface area contributed by atoms with E-state index >= 15 is 0 Å². The van der Waals surface area contributed by atoms with Gasteiger partial charge in [-0.25, -0.2) is 0 Å². The van der Waals surface area contributed by atoms with Crippen LogP contribution in [0.2, 0.25) is 5.02 Å². The van der Waals surface area contributed by atoms with E-state index in [9.17, 15) is 9.59 Å². The molecule has 0 fully saturated rings. The number of carbonyl (C=O) groups is 1. The van der Waals surface area contributed by atoms with Gasteiger partial charge in [0.2, 0.25) is 0 Å². The van der Waals surface area contributed by atoms with Crippen LogP contribution < -0.4 is 5.56 Å². The molecule has 17 heavy (non-hydrogen) atoms. The Labute approximate surface area is 111 Å². The fraction of sp³-hybridized carbons (Fsp3) is 0.167. The number of carbonyl (C=O) groups excluding carboxylic acids is 1. The van der Waals surface area contributed by atoms with Gasteiger partial charge in [0.15, 0.2) is 5.78 Å². The molecule has 5 heteroatoms. The Morgan fingerprint density at radius 2 is 2.18 bits per heavy atom. The van der Waals surface area contributed by atoms with Crippen LogP contribution in [0.15, 0.2) is 29.1 Å². The molecule has 3 nitrogen and oxygen atoms in total. The standard InChI is InChI=1S/C12H9BrClNO2/c1-15-11-7(3-2-4-9(11)14)5-8(12(15)17)10(16)6-13/h2-5H,6H2,1H3. The molecule has 0 atom stereocenters. The summed E-state index contributed by atoms with van der Waals surface area (Å²) in [5.74, 6) is -0.229. The van der Waals surface area contributed by atoms with Gasteiger partial charge in [-0.1, -0.05) is 39.7 Å². The molecule has 0 saturated heterocycles. The molecule has 0 saturated carbocycles. The summed E-state index contributed by atoms with van der Waals surface area (Å²) in [4.78, 5) is 23.6. The van der Waals surface area contributed by atoms with E-state index in [-0.39, 0.29) is 22.2 Å². The molecular formula is C12H9BrClNO2. The molecule has 0 aliphatic carbocycles. The molecule has 1 aromatic carbocycles. The molecule has 0 aliphatic heterocycles. The maximum absolute atomic E-state index is 12.0. The first-order chi connectivity index (χ1) is 8.06. The monoisotopic (exact) mass is 313 g/mol. The van der Waals surface area contributed by atoms with Crippen LogP contribution in [-0.4, -0.2) is 15.7 Å². The Bertz CT molecular complexity index is 663. The summed E-state index contributed by atoms with van der Waals surface area (Å²) in [6.07, 6.45) is 0. The van der Waals surface area contributed by atoms with Gasteiger partial charge in [-0.3, -0.25) is 9.59 Å². The highest BCUT2D eigenvalue weighted by Crippen LogP contribution is 2.22. The summed E-state index contributed by atoms with van der Waals surface area (Å²) < 4.78 is 1.41. The quantitative estimate of drug-likeness (QED) is 0.631. The summed E-state index contributed by atoms with van der Waals surface area (Å²) >= 11 is 9.11. The van der Waals surface area contributed by atoms with Gasteiger partial charge in [0.1, 0.15) is 0 Å². The smallest absolute Gasteiger partial charge is 0.261 e. The largest absolute Gasteiger partial charge is 0.309 e. The van der Waals surface area contributed by atoms with Crippen molar-refractivity contribution >= 4 is 44.2 Å². The van der Waals surface area contributed by atoms with E-state index in [1.54, 1.807) is 25.2 Å². The number of hydrogen-bond donors (Lipinski definition) is 0. The van der Waals surface area contributed by atoms with E-state index in [1.807, 2.05) is 6.07 Å². The van der Waals surface area contributed by atoms with Gasteiger partial charge in [-0.2, -0.15) is 0 Å². The van der Waals surface area contributed by atoms with Crippen LogP contribution in [0.5, 0.6) is 0 Å². The maximum atomic E-state index is 12.0. The molecule has 0 unspecified atom stereocenters. The number of Topliss-reactive ketones (excluding diaryl/α,β-unsaturated/α-hetero) is 1. The fourth-order valence-electron chi connectivity index (χ4n) is 1.77. The highest BCUT2D eigenvalue weighted by atomic mass is 79.9. The minimum absolute atomic E-state index is 0.133. The number of halogens is 2. The number of rotatable bonds is 2. The number of aromatic nitrogens is 1. The van der Waals surface area contributed by atoms with E-state index in [1.165, 1.54) is 4.57 Å². The second-order valence-corrected chi connectivity index (χ2v) is 4.62. The number of pyridine rings is 1. The Morgan fingerprint density at radius 1 is 1.47 bits per heavy atom. The first-order valence-electron chi connectivity index (χ1n) is 4.93.